The van der Waals surface area contributed by atoms with Crippen LogP contribution < -0.4 is 10.6 Å². The van der Waals surface area contributed by atoms with Crippen LogP contribution in [0.25, 0.3) is 0 Å². The minimum atomic E-state index is 0.554. The number of anilines is 1. The third-order valence-corrected chi connectivity index (χ3v) is 3.78. The summed E-state index contributed by atoms with van der Waals surface area (Å²) in [6, 6.07) is 4.72. The Morgan fingerprint density at radius 1 is 1.53 bits per heavy atom. The highest BCUT2D eigenvalue weighted by atomic mass is 15.2. The predicted octanol–water partition coefficient (Wildman–Crippen LogP) is 2.28. The third kappa shape index (κ3) is 2.60. The second-order valence-electron chi connectivity index (χ2n) is 5.28. The Balaban J connectivity index is 2.24. The Morgan fingerprint density at radius 3 is 2.94 bits per heavy atom. The number of nitrogens with two attached hydrogens (primary N) is 1. The van der Waals surface area contributed by atoms with Gasteiger partial charge in [0, 0.05) is 18.8 Å². The van der Waals surface area contributed by atoms with E-state index in [-0.39, 0.29) is 0 Å². The molecule has 94 valence electrons. The van der Waals surface area contributed by atoms with Crippen LogP contribution in [0.1, 0.15) is 26.7 Å². The van der Waals surface area contributed by atoms with Gasteiger partial charge in [0.05, 0.1) is 11.9 Å². The van der Waals surface area contributed by atoms with Crippen LogP contribution in [0.2, 0.25) is 0 Å². The van der Waals surface area contributed by atoms with Gasteiger partial charge in [-0.3, -0.25) is 4.98 Å². The van der Waals surface area contributed by atoms with E-state index in [9.17, 15) is 0 Å². The van der Waals surface area contributed by atoms with E-state index >= 15 is 0 Å². The molecule has 0 saturated carbocycles. The Labute approximate surface area is 104 Å². The number of nitrogens with zero attached hydrogens (tertiary/aromatic N) is 2. The van der Waals surface area contributed by atoms with Gasteiger partial charge in [-0.15, -0.1) is 0 Å². The van der Waals surface area contributed by atoms with Gasteiger partial charge in [-0.1, -0.05) is 13.8 Å². The van der Waals surface area contributed by atoms with Crippen molar-refractivity contribution in [3.8, 4) is 0 Å². The van der Waals surface area contributed by atoms with Crippen LogP contribution in [0.15, 0.2) is 24.5 Å². The molecule has 0 aromatic carbocycles. The molecule has 1 saturated heterocycles. The molecule has 2 rings (SSSR count). The summed E-state index contributed by atoms with van der Waals surface area (Å²) >= 11 is 0. The molecule has 1 fully saturated rings. The smallest absolute Gasteiger partial charge is 0.0555 e. The van der Waals surface area contributed by atoms with Crippen LogP contribution in [0, 0.1) is 11.8 Å². The van der Waals surface area contributed by atoms with Gasteiger partial charge in [-0.2, -0.15) is 0 Å². The number of hydrogen-bond donors (Lipinski definition) is 1. The summed E-state index contributed by atoms with van der Waals surface area (Å²) in [6.07, 6.45) is 6.29. The summed E-state index contributed by atoms with van der Waals surface area (Å²) < 4.78 is 0. The number of rotatable bonds is 3. The maximum absolute atomic E-state index is 5.93. The van der Waals surface area contributed by atoms with E-state index in [4.69, 9.17) is 5.73 Å². The molecule has 0 aliphatic carbocycles. The molecule has 2 N–H and O–H groups in total. The summed E-state index contributed by atoms with van der Waals surface area (Å²) in [5.74, 6) is 1.24. The lowest BCUT2D eigenvalue weighted by molar-refractivity contribution is 0.271. The lowest BCUT2D eigenvalue weighted by Gasteiger charge is -2.44. The summed E-state index contributed by atoms with van der Waals surface area (Å²) in [4.78, 5) is 6.73. The molecular weight excluding hydrogens is 210 g/mol. The second-order valence-corrected chi connectivity index (χ2v) is 5.28. The van der Waals surface area contributed by atoms with Crippen molar-refractivity contribution in [3.63, 3.8) is 0 Å². The van der Waals surface area contributed by atoms with Crippen molar-refractivity contribution in [2.24, 2.45) is 17.6 Å². The van der Waals surface area contributed by atoms with Gasteiger partial charge in [-0.05, 0) is 43.4 Å². The van der Waals surface area contributed by atoms with Crippen molar-refractivity contribution < 1.29 is 0 Å². The van der Waals surface area contributed by atoms with Crippen molar-refractivity contribution in [1.29, 1.82) is 0 Å². The standard InChI is InChI=1S/C14H23N3/c1-11(2)14-12(9-15)5-4-8-17(14)13-6-3-7-16-10-13/h3,6-7,10-12,14H,4-5,8-9,15H2,1-2H3/t12-,14-/m1/s1. The Bertz CT molecular complexity index is 337. The Hall–Kier alpha value is -1.09. The minimum Gasteiger partial charge on any atom is -0.367 e. The zero-order chi connectivity index (χ0) is 12.3. The third-order valence-electron chi connectivity index (χ3n) is 3.78. The topological polar surface area (TPSA) is 42.1 Å². The molecule has 0 radical (unpaired) electrons. The van der Waals surface area contributed by atoms with Crippen molar-refractivity contribution in [2.45, 2.75) is 32.7 Å². The van der Waals surface area contributed by atoms with E-state index in [0.717, 1.165) is 13.1 Å². The fraction of sp³-hybridized carbons (Fsp3) is 0.643. The SMILES string of the molecule is CC(C)[C@@H]1[C@@H](CN)CCCN1c1cccnc1. The Morgan fingerprint density at radius 2 is 2.35 bits per heavy atom. The highest BCUT2D eigenvalue weighted by Crippen LogP contribution is 2.31. The van der Waals surface area contributed by atoms with Crippen LogP contribution in [-0.2, 0) is 0 Å². The summed E-state index contributed by atoms with van der Waals surface area (Å²) in [5.41, 5.74) is 7.17. The van der Waals surface area contributed by atoms with E-state index < -0.39 is 0 Å². The zero-order valence-electron chi connectivity index (χ0n) is 10.8. The van der Waals surface area contributed by atoms with E-state index in [2.05, 4.69) is 29.8 Å². The second kappa shape index (κ2) is 5.50. The molecule has 1 aromatic rings. The van der Waals surface area contributed by atoms with E-state index in [1.54, 1.807) is 0 Å². The molecule has 1 aliphatic heterocycles. The van der Waals surface area contributed by atoms with Crippen molar-refractivity contribution in [2.75, 3.05) is 18.0 Å². The van der Waals surface area contributed by atoms with Crippen LogP contribution in [0.3, 0.4) is 0 Å². The van der Waals surface area contributed by atoms with Gasteiger partial charge in [0.15, 0.2) is 0 Å². The fourth-order valence-corrected chi connectivity index (χ4v) is 3.08. The van der Waals surface area contributed by atoms with Crippen LogP contribution in [0.5, 0.6) is 0 Å². The lowest BCUT2D eigenvalue weighted by atomic mass is 9.82. The molecule has 17 heavy (non-hydrogen) atoms. The summed E-state index contributed by atoms with van der Waals surface area (Å²) in [5, 5.41) is 0. The van der Waals surface area contributed by atoms with Crippen molar-refractivity contribution >= 4 is 5.69 Å². The number of aromatic nitrogens is 1. The van der Waals surface area contributed by atoms with E-state index in [1.807, 2.05) is 18.5 Å². The predicted molar refractivity (Wildman–Crippen MR) is 72.0 cm³/mol. The van der Waals surface area contributed by atoms with Gasteiger partial charge >= 0.3 is 0 Å². The molecule has 1 aliphatic rings. The zero-order valence-corrected chi connectivity index (χ0v) is 10.8. The van der Waals surface area contributed by atoms with Gasteiger partial charge in [0.2, 0.25) is 0 Å². The van der Waals surface area contributed by atoms with Crippen molar-refractivity contribution in [3.05, 3.63) is 24.5 Å². The minimum absolute atomic E-state index is 0.554. The highest BCUT2D eigenvalue weighted by molar-refractivity contribution is 5.45. The summed E-state index contributed by atoms with van der Waals surface area (Å²) in [7, 11) is 0. The first-order valence-electron chi connectivity index (χ1n) is 6.60. The molecule has 1 aromatic heterocycles. The number of piperidine rings is 1. The van der Waals surface area contributed by atoms with Gasteiger partial charge < -0.3 is 10.6 Å². The maximum Gasteiger partial charge on any atom is 0.0555 e. The number of pyridine rings is 1. The lowest BCUT2D eigenvalue weighted by Crippen LogP contribution is -2.50. The largest absolute Gasteiger partial charge is 0.367 e. The normalized spacial score (nSPS) is 25.3. The monoisotopic (exact) mass is 233 g/mol. The van der Waals surface area contributed by atoms with Crippen LogP contribution in [0.4, 0.5) is 5.69 Å². The van der Waals surface area contributed by atoms with Crippen molar-refractivity contribution in [1.82, 2.24) is 4.98 Å². The molecule has 3 heteroatoms. The average Bonchev–Trinajstić information content (AvgIpc) is 2.38. The molecule has 0 amide bonds. The van der Waals surface area contributed by atoms with Gasteiger partial charge in [0.1, 0.15) is 0 Å². The molecule has 0 spiro atoms. The first kappa shape index (κ1) is 12.4. The number of hydrogen-bond acceptors (Lipinski definition) is 3. The molecule has 0 bridgehead atoms. The molecule has 2 atom stereocenters. The molecular formula is C14H23N3. The molecule has 0 unspecified atom stereocenters. The molecule has 2 heterocycles. The first-order chi connectivity index (χ1) is 8.24. The summed E-state index contributed by atoms with van der Waals surface area (Å²) in [6.45, 7) is 6.51. The van der Waals surface area contributed by atoms with E-state index in [0.29, 0.717) is 17.9 Å². The first-order valence-corrected chi connectivity index (χ1v) is 6.60. The molecule has 3 nitrogen and oxygen atoms in total. The average molecular weight is 233 g/mol. The quantitative estimate of drug-likeness (QED) is 0.871. The Kier molecular flexibility index (Phi) is 4.00. The maximum atomic E-state index is 5.93. The van der Waals surface area contributed by atoms with E-state index in [1.165, 1.54) is 18.5 Å². The van der Waals surface area contributed by atoms with Crippen LogP contribution >= 0.6 is 0 Å². The van der Waals surface area contributed by atoms with Crippen LogP contribution in [-0.4, -0.2) is 24.1 Å². The van der Waals surface area contributed by atoms with Gasteiger partial charge in [-0.25, -0.2) is 0 Å². The highest BCUT2D eigenvalue weighted by Gasteiger charge is 2.32. The fourth-order valence-electron chi connectivity index (χ4n) is 3.08. The van der Waals surface area contributed by atoms with Gasteiger partial charge in [0.25, 0.3) is 0 Å².